The van der Waals surface area contributed by atoms with Crippen molar-refractivity contribution in [2.45, 2.75) is 65.2 Å². The second-order valence-electron chi connectivity index (χ2n) is 11.0. The first kappa shape index (κ1) is 29.3. The minimum atomic E-state index is -0.261. The fraction of sp³-hybridized carbons (Fsp3) is 0.400. The lowest BCUT2D eigenvalue weighted by atomic mass is 10.00. The molecule has 0 radical (unpaired) electrons. The largest absolute Gasteiger partial charge is 0.274 e. The van der Waals surface area contributed by atoms with E-state index in [1.54, 1.807) is 12.1 Å². The number of benzene rings is 1. The molecule has 14 heteroatoms. The number of amides is 4. The van der Waals surface area contributed by atoms with E-state index >= 15 is 0 Å². The van der Waals surface area contributed by atoms with Crippen molar-refractivity contribution in [3.05, 3.63) is 33.0 Å². The van der Waals surface area contributed by atoms with E-state index in [0.29, 0.717) is 77.3 Å². The summed E-state index contributed by atoms with van der Waals surface area (Å²) in [5, 5.41) is 0. The highest BCUT2D eigenvalue weighted by molar-refractivity contribution is 7.58. The number of rotatable bonds is 12. The number of thiophene rings is 2. The molecule has 3 aliphatic heterocycles. The Labute approximate surface area is 269 Å². The van der Waals surface area contributed by atoms with Gasteiger partial charge in [-0.25, -0.2) is 0 Å². The predicted molar refractivity (Wildman–Crippen MR) is 175 cm³/mol. The fourth-order valence-electron chi connectivity index (χ4n) is 5.91. The Morgan fingerprint density at radius 1 is 0.614 bits per heavy atom. The monoisotopic (exact) mass is 664 g/mol. The third-order valence-corrected chi connectivity index (χ3v) is 11.5. The van der Waals surface area contributed by atoms with Gasteiger partial charge in [0, 0.05) is 34.0 Å². The van der Waals surface area contributed by atoms with Crippen LogP contribution in [0.3, 0.4) is 0 Å². The number of nitrogens with zero attached hydrogens (tertiary/aromatic N) is 6. The molecule has 4 amide bonds. The highest BCUT2D eigenvalue weighted by atomic mass is 32.1. The molecule has 0 atom stereocenters. The SMILES string of the molecule is CCCCCCN1C(=O)c2cc(-c3c4c(c(-c5cc6c(s5)C(=O)N(CCCCCC)C6=O)c5nsnc35)N=S=N4)sc2C1=O. The third kappa shape index (κ3) is 4.61. The summed E-state index contributed by atoms with van der Waals surface area (Å²) in [5.74, 6) is -1.03. The highest BCUT2D eigenvalue weighted by Crippen LogP contribution is 2.55. The van der Waals surface area contributed by atoms with Crippen LogP contribution >= 0.6 is 34.4 Å². The Bertz CT molecular complexity index is 1750. The first-order valence-corrected chi connectivity index (χ1v) is 17.9. The van der Waals surface area contributed by atoms with Gasteiger partial charge in [-0.1, -0.05) is 52.4 Å². The van der Waals surface area contributed by atoms with E-state index in [2.05, 4.69) is 31.3 Å². The third-order valence-electron chi connectivity index (χ3n) is 8.18. The first-order chi connectivity index (χ1) is 21.4. The van der Waals surface area contributed by atoms with E-state index in [1.165, 1.54) is 32.5 Å². The molecular formula is C30H28N6O4S4. The van der Waals surface area contributed by atoms with Crippen LogP contribution in [0.2, 0.25) is 0 Å². The van der Waals surface area contributed by atoms with Gasteiger partial charge in [0.15, 0.2) is 0 Å². The molecule has 4 aromatic rings. The van der Waals surface area contributed by atoms with E-state index in [9.17, 15) is 19.2 Å². The van der Waals surface area contributed by atoms with Crippen molar-refractivity contribution in [3.8, 4) is 20.9 Å². The number of imide groups is 2. The Hall–Kier alpha value is -3.46. The molecule has 6 heterocycles. The fourth-order valence-corrected chi connectivity index (χ4v) is 9.32. The minimum Gasteiger partial charge on any atom is -0.274 e. The van der Waals surface area contributed by atoms with Gasteiger partial charge in [-0.15, -0.1) is 22.7 Å². The summed E-state index contributed by atoms with van der Waals surface area (Å²) in [6, 6.07) is 3.54. The zero-order valence-electron chi connectivity index (χ0n) is 24.2. The van der Waals surface area contributed by atoms with Gasteiger partial charge >= 0.3 is 0 Å². The Balaban J connectivity index is 1.23. The van der Waals surface area contributed by atoms with Crippen molar-refractivity contribution in [2.24, 2.45) is 8.73 Å². The second-order valence-corrected chi connectivity index (χ2v) is 14.2. The van der Waals surface area contributed by atoms with E-state index in [-0.39, 0.29) is 23.6 Å². The van der Waals surface area contributed by atoms with Gasteiger partial charge in [0.2, 0.25) is 0 Å². The van der Waals surface area contributed by atoms with Gasteiger partial charge in [-0.3, -0.25) is 29.0 Å². The summed E-state index contributed by atoms with van der Waals surface area (Å²) >= 11 is 4.64. The van der Waals surface area contributed by atoms with Gasteiger partial charge in [0.25, 0.3) is 23.6 Å². The molecule has 3 aliphatic rings. The van der Waals surface area contributed by atoms with Crippen molar-refractivity contribution < 1.29 is 19.2 Å². The summed E-state index contributed by atoms with van der Waals surface area (Å²) in [7, 11) is 0. The number of carbonyl (C=O) groups is 4. The molecule has 44 heavy (non-hydrogen) atoms. The topological polar surface area (TPSA) is 125 Å². The maximum atomic E-state index is 13.2. The van der Waals surface area contributed by atoms with E-state index in [1.807, 2.05) is 0 Å². The molecule has 0 aliphatic carbocycles. The van der Waals surface area contributed by atoms with Gasteiger partial charge in [-0.05, 0) is 25.0 Å². The van der Waals surface area contributed by atoms with Gasteiger partial charge in [0.05, 0.1) is 34.2 Å². The molecule has 0 saturated heterocycles. The highest BCUT2D eigenvalue weighted by Gasteiger charge is 2.41. The van der Waals surface area contributed by atoms with Crippen LogP contribution in [0, 0.1) is 0 Å². The standard InChI is InChI=1S/C30H28N6O4S4/c1-3-5-7-9-11-35-27(37)15-13-17(41-25(15)29(35)39)19-21-23(33-43-31-21)20(24-22(19)32-44-34-24)18-14-16-26(42-18)30(40)36(28(16)38)12-10-8-6-4-2/h13-14H,3-12H2,1-2H3. The van der Waals surface area contributed by atoms with Crippen LogP contribution in [0.5, 0.6) is 0 Å². The molecule has 0 bridgehead atoms. The van der Waals surface area contributed by atoms with E-state index < -0.39 is 0 Å². The smallest absolute Gasteiger partial charge is 0.271 e. The van der Waals surface area contributed by atoms with Crippen LogP contribution in [0.4, 0.5) is 11.4 Å². The lowest BCUT2D eigenvalue weighted by molar-refractivity contribution is 0.0637. The quantitative estimate of drug-likeness (QED) is 0.0977. The molecule has 226 valence electrons. The average molecular weight is 665 g/mol. The number of hydrogen-bond donors (Lipinski definition) is 0. The summed E-state index contributed by atoms with van der Waals surface area (Å²) in [4.78, 5) is 57.9. The van der Waals surface area contributed by atoms with Crippen LogP contribution in [0.25, 0.3) is 31.9 Å². The van der Waals surface area contributed by atoms with Crippen LogP contribution in [-0.4, -0.2) is 55.3 Å². The van der Waals surface area contributed by atoms with E-state index in [4.69, 9.17) is 0 Å². The Morgan fingerprint density at radius 2 is 1.07 bits per heavy atom. The van der Waals surface area contributed by atoms with Gasteiger partial charge in [-0.2, -0.15) is 17.5 Å². The number of aromatic nitrogens is 2. The number of hydrogen-bond acceptors (Lipinski definition) is 11. The van der Waals surface area contributed by atoms with Crippen LogP contribution < -0.4 is 0 Å². The number of carbonyl (C=O) groups excluding carboxylic acids is 4. The molecule has 0 unspecified atom stereocenters. The van der Waals surface area contributed by atoms with Crippen molar-refractivity contribution in [1.29, 1.82) is 0 Å². The van der Waals surface area contributed by atoms with Crippen LogP contribution in [-0.2, 0) is 11.4 Å². The first-order valence-electron chi connectivity index (χ1n) is 14.9. The lowest BCUT2D eigenvalue weighted by Gasteiger charge is -2.14. The maximum absolute atomic E-state index is 13.2. The Kier molecular flexibility index (Phi) is 7.85. The summed E-state index contributed by atoms with van der Waals surface area (Å²) < 4.78 is 18.5. The molecule has 0 N–H and O–H groups in total. The molecular weight excluding hydrogens is 637 g/mol. The lowest BCUT2D eigenvalue weighted by Crippen LogP contribution is -2.30. The van der Waals surface area contributed by atoms with Crippen molar-refractivity contribution in [1.82, 2.24) is 18.5 Å². The normalized spacial score (nSPS) is 15.2. The average Bonchev–Trinajstić information content (AvgIpc) is 3.86. The summed E-state index contributed by atoms with van der Waals surface area (Å²) in [5.41, 5.74) is 4.54. The van der Waals surface area contributed by atoms with Crippen molar-refractivity contribution in [3.63, 3.8) is 0 Å². The van der Waals surface area contributed by atoms with Gasteiger partial charge < -0.3 is 0 Å². The second kappa shape index (κ2) is 11.8. The van der Waals surface area contributed by atoms with Crippen molar-refractivity contribution >= 4 is 91.8 Å². The Morgan fingerprint density at radius 3 is 1.48 bits per heavy atom. The zero-order valence-corrected chi connectivity index (χ0v) is 27.4. The van der Waals surface area contributed by atoms with Crippen molar-refractivity contribution in [2.75, 3.05) is 13.1 Å². The summed E-state index contributed by atoms with van der Waals surface area (Å²) in [6.07, 6.45) is 7.87. The number of unbranched alkanes of at least 4 members (excludes halogenated alkanes) is 6. The molecule has 1 aromatic carbocycles. The van der Waals surface area contributed by atoms with Crippen LogP contribution in [0.15, 0.2) is 20.9 Å². The molecule has 10 nitrogen and oxygen atoms in total. The predicted octanol–water partition coefficient (Wildman–Crippen LogP) is 8.23. The summed E-state index contributed by atoms with van der Waals surface area (Å²) in [6.45, 7) is 5.10. The van der Waals surface area contributed by atoms with Crippen LogP contribution in [0.1, 0.15) is 105 Å². The van der Waals surface area contributed by atoms with E-state index in [0.717, 1.165) is 74.4 Å². The molecule has 3 aromatic heterocycles. The molecule has 0 fully saturated rings. The molecule has 0 spiro atoms. The minimum absolute atomic E-state index is 0.253. The molecule has 7 rings (SSSR count). The zero-order chi connectivity index (χ0) is 30.5. The number of fused-ring (bicyclic) bond motifs is 4. The molecule has 0 saturated carbocycles. The maximum Gasteiger partial charge on any atom is 0.271 e. The van der Waals surface area contributed by atoms with Gasteiger partial charge in [0.1, 0.15) is 32.2 Å².